The van der Waals surface area contributed by atoms with E-state index in [1.807, 2.05) is 0 Å². The van der Waals surface area contributed by atoms with Crippen LogP contribution in [0.5, 0.6) is 5.75 Å². The van der Waals surface area contributed by atoms with Gasteiger partial charge in [-0.1, -0.05) is 12.1 Å². The summed E-state index contributed by atoms with van der Waals surface area (Å²) in [6, 6.07) is 6.50. The van der Waals surface area contributed by atoms with E-state index in [0.29, 0.717) is 5.75 Å². The van der Waals surface area contributed by atoms with E-state index in [4.69, 9.17) is 4.74 Å². The van der Waals surface area contributed by atoms with Crippen molar-refractivity contribution in [1.82, 2.24) is 0 Å². The Balaban J connectivity index is 0.00000289. The van der Waals surface area contributed by atoms with Gasteiger partial charge < -0.3 is 9.47 Å². The van der Waals surface area contributed by atoms with Crippen LogP contribution in [-0.4, -0.2) is 61.3 Å². The molecule has 91 valence electrons. The van der Waals surface area contributed by atoms with E-state index in [9.17, 15) is 14.4 Å². The summed E-state index contributed by atoms with van der Waals surface area (Å²) in [6.07, 6.45) is -0.521. The van der Waals surface area contributed by atoms with Crippen molar-refractivity contribution in [3.05, 3.63) is 29.8 Å². The van der Waals surface area contributed by atoms with Gasteiger partial charge in [0, 0.05) is 29.6 Å². The zero-order valence-corrected chi connectivity index (χ0v) is 12.6. The van der Waals surface area contributed by atoms with Crippen LogP contribution in [-0.2, 0) is 14.3 Å². The monoisotopic (exact) mass is 259 g/mol. The summed E-state index contributed by atoms with van der Waals surface area (Å²) >= 11 is 0. The van der Waals surface area contributed by atoms with Crippen molar-refractivity contribution in [3.8, 4) is 5.75 Å². The molecule has 5 nitrogen and oxygen atoms in total. The second kappa shape index (κ2) is 8.02. The minimum Gasteiger partial charge on any atom is -0.496 e. The van der Waals surface area contributed by atoms with Crippen LogP contribution in [0, 0.1) is 0 Å². The van der Waals surface area contributed by atoms with Gasteiger partial charge >= 0.3 is 5.97 Å². The van der Waals surface area contributed by atoms with Gasteiger partial charge in [-0.15, -0.1) is 0 Å². The average molecular weight is 259 g/mol. The van der Waals surface area contributed by atoms with Gasteiger partial charge in [0.1, 0.15) is 5.75 Å². The van der Waals surface area contributed by atoms with Crippen molar-refractivity contribution >= 4 is 47.1 Å². The second-order valence-corrected chi connectivity index (χ2v) is 3.21. The van der Waals surface area contributed by atoms with Crippen LogP contribution in [0.25, 0.3) is 0 Å². The normalized spacial score (nSPS) is 9.00. The minimum absolute atomic E-state index is 0. The number of carbonyl (C=O) groups excluding carboxylic acids is 3. The number of methoxy groups -OCH3 is 2. The third-order valence-electron chi connectivity index (χ3n) is 2.14. The van der Waals surface area contributed by atoms with Gasteiger partial charge in [-0.3, -0.25) is 9.59 Å². The fraction of sp³-hybridized carbons (Fsp3) is 0.250. The molecule has 0 heterocycles. The van der Waals surface area contributed by atoms with Crippen molar-refractivity contribution in [1.29, 1.82) is 0 Å². The van der Waals surface area contributed by atoms with Crippen LogP contribution in [0.15, 0.2) is 24.3 Å². The maximum absolute atomic E-state index is 11.7. The topological polar surface area (TPSA) is 69.7 Å². The maximum atomic E-state index is 11.7. The Morgan fingerprint density at radius 2 is 1.72 bits per heavy atom. The summed E-state index contributed by atoms with van der Waals surface area (Å²) in [5, 5.41) is 0. The first-order chi connectivity index (χ1) is 8.10. The van der Waals surface area contributed by atoms with Crippen LogP contribution < -0.4 is 4.74 Å². The number of ether oxygens (including phenoxy) is 2. The molecule has 1 radical (unpaired) electrons. The minimum atomic E-state index is -1.02. The number of hydrogen-bond donors (Lipinski definition) is 0. The van der Waals surface area contributed by atoms with Crippen molar-refractivity contribution in [3.63, 3.8) is 0 Å². The van der Waals surface area contributed by atoms with E-state index in [2.05, 4.69) is 4.74 Å². The Morgan fingerprint density at radius 3 is 2.28 bits per heavy atom. The van der Waals surface area contributed by atoms with Crippen LogP contribution in [0.3, 0.4) is 0 Å². The van der Waals surface area contributed by atoms with Crippen LogP contribution in [0.1, 0.15) is 16.8 Å². The first kappa shape index (κ1) is 16.8. The molecule has 0 aliphatic heterocycles. The summed E-state index contributed by atoms with van der Waals surface area (Å²) < 4.78 is 9.22. The molecule has 0 saturated heterocycles. The molecule has 0 aliphatic rings. The van der Waals surface area contributed by atoms with Gasteiger partial charge in [0.05, 0.1) is 26.2 Å². The van der Waals surface area contributed by atoms with E-state index in [0.717, 1.165) is 7.11 Å². The molecule has 1 aromatic carbocycles. The fourth-order valence-corrected chi connectivity index (χ4v) is 1.30. The van der Waals surface area contributed by atoms with Gasteiger partial charge in [0.25, 0.3) is 0 Å². The molecule has 1 aromatic rings. The molecule has 6 heteroatoms. The smallest absolute Gasteiger partial charge is 0.374 e. The Morgan fingerprint density at radius 1 is 1.11 bits per heavy atom. The van der Waals surface area contributed by atoms with Crippen LogP contribution in [0.2, 0.25) is 0 Å². The van der Waals surface area contributed by atoms with Crippen LogP contribution >= 0.6 is 0 Å². The first-order valence-corrected chi connectivity index (χ1v) is 4.87. The molecule has 0 amide bonds. The average Bonchev–Trinajstić information content (AvgIpc) is 2.37. The molecule has 0 aromatic heterocycles. The van der Waals surface area contributed by atoms with Gasteiger partial charge in [-0.25, -0.2) is 4.79 Å². The van der Waals surface area contributed by atoms with Gasteiger partial charge in [-0.05, 0) is 12.1 Å². The number of rotatable bonds is 5. The van der Waals surface area contributed by atoms with E-state index >= 15 is 0 Å². The summed E-state index contributed by atoms with van der Waals surface area (Å²) in [4.78, 5) is 33.8. The molecule has 0 saturated carbocycles. The molecule has 0 atom stereocenters. The van der Waals surface area contributed by atoms with Crippen molar-refractivity contribution in [2.24, 2.45) is 0 Å². The largest absolute Gasteiger partial charge is 0.496 e. The molecular formula is C12H12NaO5. The maximum Gasteiger partial charge on any atom is 0.374 e. The summed E-state index contributed by atoms with van der Waals surface area (Å²) in [5.41, 5.74) is 0.271. The number of hydrogen-bond acceptors (Lipinski definition) is 5. The number of carbonyl (C=O) groups is 3. The second-order valence-electron chi connectivity index (χ2n) is 3.21. The van der Waals surface area contributed by atoms with Gasteiger partial charge in [-0.2, -0.15) is 0 Å². The van der Waals surface area contributed by atoms with Crippen molar-refractivity contribution in [2.75, 3.05) is 14.2 Å². The molecule has 0 N–H and O–H groups in total. The predicted octanol–water partition coefficient (Wildman–Crippen LogP) is 0.629. The quantitative estimate of drug-likeness (QED) is 0.255. The molecular weight excluding hydrogens is 247 g/mol. The number of ketones is 2. The summed E-state index contributed by atoms with van der Waals surface area (Å²) in [6.45, 7) is 0. The molecule has 0 unspecified atom stereocenters. The third-order valence-corrected chi connectivity index (χ3v) is 2.14. The molecule has 0 aliphatic carbocycles. The zero-order chi connectivity index (χ0) is 12.8. The number of esters is 1. The Bertz CT molecular complexity index is 456. The Labute approximate surface area is 127 Å². The van der Waals surface area contributed by atoms with E-state index in [1.165, 1.54) is 13.2 Å². The van der Waals surface area contributed by atoms with Gasteiger partial charge in [0.15, 0.2) is 5.78 Å². The van der Waals surface area contributed by atoms with Crippen molar-refractivity contribution in [2.45, 2.75) is 6.42 Å². The Hall–Kier alpha value is -1.17. The zero-order valence-electron chi connectivity index (χ0n) is 10.6. The van der Waals surface area contributed by atoms with Crippen LogP contribution in [0.4, 0.5) is 0 Å². The Kier molecular flexibility index (Phi) is 7.50. The number of benzene rings is 1. The molecule has 0 spiro atoms. The van der Waals surface area contributed by atoms with Crippen molar-refractivity contribution < 1.29 is 23.9 Å². The molecule has 1 rings (SSSR count). The standard InChI is InChI=1S/C12H12O5.Na/c1-16-11-6-4-3-5-8(11)9(13)7-10(14)12(15)17-2;/h3-6H,7H2,1-2H3;. The first-order valence-electron chi connectivity index (χ1n) is 4.87. The van der Waals surface area contributed by atoms with Gasteiger partial charge in [0.2, 0.25) is 5.78 Å². The fourth-order valence-electron chi connectivity index (χ4n) is 1.30. The third kappa shape index (κ3) is 4.25. The molecule has 0 bridgehead atoms. The molecule has 18 heavy (non-hydrogen) atoms. The number of para-hydroxylation sites is 1. The van der Waals surface area contributed by atoms with E-state index in [1.54, 1.807) is 18.2 Å². The van der Waals surface area contributed by atoms with E-state index < -0.39 is 24.0 Å². The molecule has 0 fully saturated rings. The predicted molar refractivity (Wildman–Crippen MR) is 64.7 cm³/mol. The summed E-state index contributed by atoms with van der Waals surface area (Å²) in [5.74, 6) is -2.00. The summed E-state index contributed by atoms with van der Waals surface area (Å²) in [7, 11) is 2.52. The number of Topliss-reactive ketones (excluding diaryl/α,β-unsaturated/α-hetero) is 2. The SMILES string of the molecule is COC(=O)C(=O)CC(=O)c1ccccc1OC.[Na]. The van der Waals surface area contributed by atoms with E-state index in [-0.39, 0.29) is 35.1 Å².